The first-order chi connectivity index (χ1) is 8.27. The monoisotopic (exact) mass is 235 g/mol. The summed E-state index contributed by atoms with van der Waals surface area (Å²) in [6.45, 7) is 2.95. The molecular formula is C11H17N5O. The molecular weight excluding hydrogens is 218 g/mol. The number of nitrogens with two attached hydrogens (primary N) is 1. The van der Waals surface area contributed by atoms with Crippen molar-refractivity contribution in [1.29, 1.82) is 0 Å². The van der Waals surface area contributed by atoms with Gasteiger partial charge in [-0.15, -0.1) is 5.10 Å². The number of H-pyrrole nitrogens is 2. The van der Waals surface area contributed by atoms with E-state index in [1.165, 1.54) is 0 Å². The highest BCUT2D eigenvalue weighted by molar-refractivity contribution is 5.73. The Labute approximate surface area is 98.2 Å². The molecule has 0 unspecified atom stereocenters. The van der Waals surface area contributed by atoms with Gasteiger partial charge in [0.25, 0.3) is 5.56 Å². The molecule has 0 radical (unpaired) electrons. The minimum atomic E-state index is -0.194. The highest BCUT2D eigenvalue weighted by atomic mass is 16.1. The molecule has 0 atom stereocenters. The van der Waals surface area contributed by atoms with Crippen molar-refractivity contribution in [3.63, 3.8) is 0 Å². The maximum Gasteiger partial charge on any atom is 0.276 e. The molecule has 2 aromatic heterocycles. The zero-order chi connectivity index (χ0) is 12.3. The van der Waals surface area contributed by atoms with Crippen LogP contribution in [-0.4, -0.2) is 14.5 Å². The van der Waals surface area contributed by atoms with Crippen molar-refractivity contribution >= 4 is 11.0 Å². The lowest BCUT2D eigenvalue weighted by molar-refractivity contribution is 0.581. The molecule has 0 saturated heterocycles. The number of hydrogen-bond donors (Lipinski definition) is 3. The van der Waals surface area contributed by atoms with E-state index in [4.69, 9.17) is 5.84 Å². The lowest BCUT2D eigenvalue weighted by Gasteiger charge is -2.08. The topological polar surface area (TPSA) is 92.0 Å². The summed E-state index contributed by atoms with van der Waals surface area (Å²) in [4.78, 5) is 17.3. The van der Waals surface area contributed by atoms with Crippen molar-refractivity contribution in [2.75, 3.05) is 0 Å². The first kappa shape index (κ1) is 11.5. The van der Waals surface area contributed by atoms with E-state index >= 15 is 0 Å². The highest BCUT2D eigenvalue weighted by Crippen LogP contribution is 2.06. The van der Waals surface area contributed by atoms with Crippen molar-refractivity contribution in [1.82, 2.24) is 14.5 Å². The zero-order valence-corrected chi connectivity index (χ0v) is 9.86. The van der Waals surface area contributed by atoms with Crippen LogP contribution in [0.3, 0.4) is 0 Å². The summed E-state index contributed by atoms with van der Waals surface area (Å²) in [5, 5.41) is 3.63. The Bertz CT molecular complexity index is 619. The van der Waals surface area contributed by atoms with Crippen LogP contribution in [0.15, 0.2) is 22.2 Å². The third-order valence-electron chi connectivity index (χ3n) is 2.83. The molecule has 0 bridgehead atoms. The van der Waals surface area contributed by atoms with Gasteiger partial charge in [0.15, 0.2) is 0 Å². The Kier molecular flexibility index (Phi) is 3.32. The molecule has 6 nitrogen and oxygen atoms in total. The van der Waals surface area contributed by atoms with Crippen LogP contribution >= 0.6 is 0 Å². The lowest BCUT2D eigenvalue weighted by atomic mass is 10.2. The fourth-order valence-electron chi connectivity index (χ4n) is 1.96. The van der Waals surface area contributed by atoms with Crippen molar-refractivity contribution in [3.05, 3.63) is 28.2 Å². The molecule has 0 amide bonds. The molecule has 0 aromatic carbocycles. The second-order valence-corrected chi connectivity index (χ2v) is 4.00. The van der Waals surface area contributed by atoms with Gasteiger partial charge in [0, 0.05) is 12.7 Å². The second-order valence-electron chi connectivity index (χ2n) is 4.00. The minimum absolute atomic E-state index is 0.194. The van der Waals surface area contributed by atoms with Crippen LogP contribution < -0.4 is 17.0 Å². The highest BCUT2D eigenvalue weighted by Gasteiger charge is 2.06. The maximum absolute atomic E-state index is 11.7. The molecule has 17 heavy (non-hydrogen) atoms. The van der Waals surface area contributed by atoms with Gasteiger partial charge in [-0.1, -0.05) is 19.8 Å². The van der Waals surface area contributed by atoms with Crippen LogP contribution in [0.4, 0.5) is 0 Å². The van der Waals surface area contributed by atoms with Gasteiger partial charge in [0.05, 0.1) is 5.52 Å². The van der Waals surface area contributed by atoms with Crippen molar-refractivity contribution in [3.8, 4) is 0 Å². The molecule has 0 fully saturated rings. The predicted octanol–water partition coefficient (Wildman–Crippen LogP) is 0.622. The number of rotatable bonds is 4. The smallest absolute Gasteiger partial charge is 0.276 e. The third-order valence-corrected chi connectivity index (χ3v) is 2.83. The molecule has 6 heteroatoms. The molecule has 0 aliphatic rings. The van der Waals surface area contributed by atoms with Crippen LogP contribution in [-0.2, 0) is 6.54 Å². The predicted molar refractivity (Wildman–Crippen MR) is 66.2 cm³/mol. The summed E-state index contributed by atoms with van der Waals surface area (Å²) in [7, 11) is 0. The molecule has 2 heterocycles. The van der Waals surface area contributed by atoms with Gasteiger partial charge in [-0.25, -0.2) is 0 Å². The molecule has 0 saturated carbocycles. The van der Waals surface area contributed by atoms with Crippen molar-refractivity contribution in [2.45, 2.75) is 32.7 Å². The Hall–Kier alpha value is -1.98. The van der Waals surface area contributed by atoms with E-state index in [0.717, 1.165) is 31.3 Å². The Morgan fingerprint density at radius 1 is 1.47 bits per heavy atom. The van der Waals surface area contributed by atoms with Crippen molar-refractivity contribution in [2.24, 2.45) is 10.9 Å². The summed E-state index contributed by atoms with van der Waals surface area (Å²) in [5.41, 5.74) is 1.63. The van der Waals surface area contributed by atoms with Gasteiger partial charge in [0.1, 0.15) is 5.52 Å². The first-order valence-electron chi connectivity index (χ1n) is 5.82. The quantitative estimate of drug-likeness (QED) is 0.412. The molecule has 2 aromatic rings. The van der Waals surface area contributed by atoms with E-state index in [0.29, 0.717) is 11.1 Å². The number of aromatic amines is 2. The lowest BCUT2D eigenvalue weighted by Crippen LogP contribution is -2.32. The van der Waals surface area contributed by atoms with Crippen molar-refractivity contribution < 1.29 is 0 Å². The maximum atomic E-state index is 11.7. The van der Waals surface area contributed by atoms with E-state index < -0.39 is 0 Å². The molecule has 0 spiro atoms. The van der Waals surface area contributed by atoms with Gasteiger partial charge >= 0.3 is 0 Å². The van der Waals surface area contributed by atoms with E-state index in [1.54, 1.807) is 6.20 Å². The largest absolute Gasteiger partial charge is 0.355 e. The van der Waals surface area contributed by atoms with Gasteiger partial charge < -0.3 is 15.4 Å². The number of nitrogens with one attached hydrogen (secondary N) is 2. The number of aromatic nitrogens is 3. The first-order valence-corrected chi connectivity index (χ1v) is 5.82. The van der Waals surface area contributed by atoms with Gasteiger partial charge in [-0.3, -0.25) is 9.78 Å². The van der Waals surface area contributed by atoms with Crippen LogP contribution in [0.1, 0.15) is 26.2 Å². The number of hydrogen-bond acceptors (Lipinski definition) is 3. The molecule has 4 N–H and O–H groups in total. The normalized spacial score (nSPS) is 12.4. The molecule has 92 valence electrons. The number of nitrogens with zero attached hydrogens (tertiary/aromatic N) is 2. The number of unbranched alkanes of at least 4 members (excludes halogenated alkanes) is 2. The third kappa shape index (κ3) is 2.11. The summed E-state index contributed by atoms with van der Waals surface area (Å²) in [5.74, 6) is 5.31. The van der Waals surface area contributed by atoms with E-state index in [-0.39, 0.29) is 5.56 Å². The standard InChI is InChI=1S/C11H17N5O/c1-2-3-4-7-16-8-5-6-13-9(8)10(17)14-11(16)15-12/h5-6,13H,2-4,7,12H2,1H3,(H,14,15,17). The molecule has 2 rings (SSSR count). The summed E-state index contributed by atoms with van der Waals surface area (Å²) in [6.07, 6.45) is 5.07. The summed E-state index contributed by atoms with van der Waals surface area (Å²) < 4.78 is 1.93. The van der Waals surface area contributed by atoms with E-state index in [2.05, 4.69) is 22.0 Å². The fourth-order valence-corrected chi connectivity index (χ4v) is 1.96. The van der Waals surface area contributed by atoms with Crippen LogP contribution in [0, 0.1) is 0 Å². The fraction of sp³-hybridized carbons (Fsp3) is 0.455. The second kappa shape index (κ2) is 4.90. The van der Waals surface area contributed by atoms with E-state index in [9.17, 15) is 4.79 Å². The van der Waals surface area contributed by atoms with Crippen LogP contribution in [0.2, 0.25) is 0 Å². The van der Waals surface area contributed by atoms with E-state index in [1.807, 2.05) is 10.6 Å². The van der Waals surface area contributed by atoms with Crippen LogP contribution in [0.5, 0.6) is 0 Å². The Morgan fingerprint density at radius 3 is 3.00 bits per heavy atom. The van der Waals surface area contributed by atoms with Gasteiger partial charge in [-0.2, -0.15) is 0 Å². The molecule has 0 aliphatic heterocycles. The Morgan fingerprint density at radius 2 is 2.29 bits per heavy atom. The summed E-state index contributed by atoms with van der Waals surface area (Å²) in [6, 6.07) is 1.87. The van der Waals surface area contributed by atoms with Gasteiger partial charge in [0.2, 0.25) is 5.62 Å². The van der Waals surface area contributed by atoms with Gasteiger partial charge in [-0.05, 0) is 12.5 Å². The minimum Gasteiger partial charge on any atom is -0.355 e. The Balaban J connectivity index is 2.54. The van der Waals surface area contributed by atoms with Crippen LogP contribution in [0.25, 0.3) is 11.0 Å². The SMILES string of the molecule is CCCCCn1c(=NN)[nH]c(=O)c2[nH]ccc21. The average Bonchev–Trinajstić information content (AvgIpc) is 2.81. The number of fused-ring (bicyclic) bond motifs is 1. The molecule has 0 aliphatic carbocycles. The number of aryl methyl sites for hydroxylation is 1. The summed E-state index contributed by atoms with van der Waals surface area (Å²) >= 11 is 0. The zero-order valence-electron chi connectivity index (χ0n) is 9.86. The average molecular weight is 235 g/mol.